The van der Waals surface area contributed by atoms with E-state index in [1.807, 2.05) is 0 Å². The molecule has 0 saturated heterocycles. The van der Waals surface area contributed by atoms with E-state index >= 15 is 0 Å². The largest absolute Gasteiger partial charge is 0.573 e. The molecule has 3 rings (SSSR count). The summed E-state index contributed by atoms with van der Waals surface area (Å²) in [6, 6.07) is 14.3. The van der Waals surface area contributed by atoms with Crippen LogP contribution in [-0.2, 0) is 10.0 Å². The second-order valence-corrected chi connectivity index (χ2v) is 9.31. The number of ether oxygens (including phenoxy) is 1. The highest BCUT2D eigenvalue weighted by Crippen LogP contribution is 2.27. The van der Waals surface area contributed by atoms with E-state index in [0.717, 1.165) is 28.7 Å². The van der Waals surface area contributed by atoms with Crippen LogP contribution in [0.1, 0.15) is 10.4 Å². The summed E-state index contributed by atoms with van der Waals surface area (Å²) in [6.07, 6.45) is -4.90. The summed E-state index contributed by atoms with van der Waals surface area (Å²) in [4.78, 5) is 12.4. The van der Waals surface area contributed by atoms with Crippen molar-refractivity contribution in [3.63, 3.8) is 0 Å². The maximum Gasteiger partial charge on any atom is 0.573 e. The van der Waals surface area contributed by atoms with Gasteiger partial charge in [-0.1, -0.05) is 27.5 Å². The third-order valence-corrected chi connectivity index (χ3v) is 6.09. The van der Waals surface area contributed by atoms with Crippen molar-refractivity contribution >= 4 is 54.8 Å². The Balaban J connectivity index is 1.85. The molecule has 3 aromatic carbocycles. The predicted octanol–water partition coefficient (Wildman–Crippen LogP) is 6.05. The zero-order chi connectivity index (χ0) is 23.5. The van der Waals surface area contributed by atoms with Crippen LogP contribution < -0.4 is 14.8 Å². The fourth-order valence-corrected chi connectivity index (χ4v) is 4.07. The molecule has 6 nitrogen and oxygen atoms in total. The Morgan fingerprint density at radius 2 is 1.59 bits per heavy atom. The quantitative estimate of drug-likeness (QED) is 0.392. The fourth-order valence-electron chi connectivity index (χ4n) is 2.55. The molecule has 0 atom stereocenters. The van der Waals surface area contributed by atoms with Crippen LogP contribution in [0, 0.1) is 0 Å². The van der Waals surface area contributed by atoms with Crippen LogP contribution in [0.2, 0.25) is 5.02 Å². The van der Waals surface area contributed by atoms with Crippen LogP contribution in [0.4, 0.5) is 24.5 Å². The van der Waals surface area contributed by atoms with Crippen LogP contribution in [-0.4, -0.2) is 20.7 Å². The molecule has 2 N–H and O–H groups in total. The number of nitrogens with one attached hydrogen (secondary N) is 2. The predicted molar refractivity (Wildman–Crippen MR) is 117 cm³/mol. The van der Waals surface area contributed by atoms with E-state index in [2.05, 4.69) is 30.7 Å². The Morgan fingerprint density at radius 3 is 2.19 bits per heavy atom. The molecule has 0 bridgehead atoms. The van der Waals surface area contributed by atoms with Gasteiger partial charge in [-0.2, -0.15) is 0 Å². The van der Waals surface area contributed by atoms with Gasteiger partial charge in [0.2, 0.25) is 0 Å². The molecular weight excluding hydrogens is 537 g/mol. The number of halogens is 5. The molecule has 0 aliphatic rings. The van der Waals surface area contributed by atoms with Gasteiger partial charge in [0.25, 0.3) is 15.9 Å². The number of rotatable bonds is 6. The first-order chi connectivity index (χ1) is 14.9. The summed E-state index contributed by atoms with van der Waals surface area (Å²) in [5, 5.41) is 2.83. The molecule has 12 heteroatoms. The maximum absolute atomic E-state index is 12.7. The van der Waals surface area contributed by atoms with Gasteiger partial charge < -0.3 is 10.1 Å². The van der Waals surface area contributed by atoms with Crippen LogP contribution in [0.15, 0.2) is 76.1 Å². The number of alkyl halides is 3. The smallest absolute Gasteiger partial charge is 0.406 e. The van der Waals surface area contributed by atoms with Crippen molar-refractivity contribution in [3.05, 3.63) is 81.8 Å². The Kier molecular flexibility index (Phi) is 7.01. The van der Waals surface area contributed by atoms with Crippen molar-refractivity contribution in [3.8, 4) is 5.75 Å². The van der Waals surface area contributed by atoms with Gasteiger partial charge in [-0.05, 0) is 66.7 Å². The van der Waals surface area contributed by atoms with Crippen molar-refractivity contribution in [1.82, 2.24) is 0 Å². The highest BCUT2D eigenvalue weighted by molar-refractivity contribution is 9.10. The minimum absolute atomic E-state index is 0.0546. The number of hydrogen-bond donors (Lipinski definition) is 2. The van der Waals surface area contributed by atoms with Gasteiger partial charge >= 0.3 is 6.36 Å². The second-order valence-electron chi connectivity index (χ2n) is 6.28. The number of hydrogen-bond acceptors (Lipinski definition) is 4. The molecule has 0 heterocycles. The molecule has 1 amide bonds. The van der Waals surface area contributed by atoms with Gasteiger partial charge in [0.15, 0.2) is 0 Å². The fraction of sp³-hybridized carbons (Fsp3) is 0.0500. The van der Waals surface area contributed by atoms with E-state index in [0.29, 0.717) is 5.69 Å². The lowest BCUT2D eigenvalue weighted by Gasteiger charge is -2.14. The van der Waals surface area contributed by atoms with E-state index < -0.39 is 28.0 Å². The molecule has 0 unspecified atom stereocenters. The van der Waals surface area contributed by atoms with Gasteiger partial charge in [0, 0.05) is 15.2 Å². The Bertz CT molecular complexity index is 1240. The van der Waals surface area contributed by atoms with Crippen molar-refractivity contribution in [2.24, 2.45) is 0 Å². The van der Waals surface area contributed by atoms with E-state index in [1.54, 1.807) is 24.3 Å². The topological polar surface area (TPSA) is 84.5 Å². The third kappa shape index (κ3) is 6.38. The van der Waals surface area contributed by atoms with Gasteiger partial charge in [-0.25, -0.2) is 8.42 Å². The van der Waals surface area contributed by atoms with E-state index in [1.165, 1.54) is 18.2 Å². The van der Waals surface area contributed by atoms with Crippen molar-refractivity contribution in [1.29, 1.82) is 0 Å². The molecule has 0 aromatic heterocycles. The molecule has 0 aliphatic heterocycles. The van der Waals surface area contributed by atoms with Crippen LogP contribution in [0.25, 0.3) is 0 Å². The molecule has 0 fully saturated rings. The van der Waals surface area contributed by atoms with Crippen molar-refractivity contribution in [2.75, 3.05) is 10.0 Å². The average molecular weight is 550 g/mol. The van der Waals surface area contributed by atoms with Crippen LogP contribution in [0.3, 0.4) is 0 Å². The molecular formula is C20H13BrClF3N2O4S. The number of sulfonamides is 1. The molecule has 168 valence electrons. The number of carbonyl (C=O) groups excluding carboxylic acids is 1. The number of benzene rings is 3. The number of amides is 1. The minimum atomic E-state index is -4.90. The molecule has 32 heavy (non-hydrogen) atoms. The first kappa shape index (κ1) is 23.9. The number of carbonyl (C=O) groups is 1. The molecule has 0 spiro atoms. The van der Waals surface area contributed by atoms with E-state index in [4.69, 9.17) is 11.6 Å². The summed E-state index contributed by atoms with van der Waals surface area (Å²) in [5.41, 5.74) is 0.341. The summed E-state index contributed by atoms with van der Waals surface area (Å²) in [6.45, 7) is 0. The second kappa shape index (κ2) is 9.39. The van der Waals surface area contributed by atoms with Gasteiger partial charge in [0.05, 0.1) is 16.1 Å². The summed E-state index contributed by atoms with van der Waals surface area (Å²) in [5.74, 6) is -1.20. The first-order valence-corrected chi connectivity index (χ1v) is 11.3. The highest BCUT2D eigenvalue weighted by Gasteiger charge is 2.31. The zero-order valence-corrected chi connectivity index (χ0v) is 18.9. The molecule has 0 radical (unpaired) electrons. The molecule has 0 saturated carbocycles. The summed E-state index contributed by atoms with van der Waals surface area (Å²) >= 11 is 9.26. The lowest BCUT2D eigenvalue weighted by molar-refractivity contribution is -0.274. The van der Waals surface area contributed by atoms with Gasteiger partial charge in [0.1, 0.15) is 5.75 Å². The van der Waals surface area contributed by atoms with Crippen molar-refractivity contribution in [2.45, 2.75) is 11.3 Å². The zero-order valence-electron chi connectivity index (χ0n) is 15.8. The number of anilines is 2. The monoisotopic (exact) mass is 548 g/mol. The SMILES string of the molecule is O=C(Nc1ccc(Br)cc1)c1cc(Cl)ccc1NS(=O)(=O)c1ccc(OC(F)(F)F)cc1. The van der Waals surface area contributed by atoms with Gasteiger partial charge in [-0.15, -0.1) is 13.2 Å². The van der Waals surface area contributed by atoms with Crippen molar-refractivity contribution < 1.29 is 31.1 Å². The normalized spacial score (nSPS) is 11.7. The highest BCUT2D eigenvalue weighted by atomic mass is 79.9. The average Bonchev–Trinajstić information content (AvgIpc) is 2.70. The maximum atomic E-state index is 12.7. The van der Waals surface area contributed by atoms with Crippen LogP contribution in [0.5, 0.6) is 5.75 Å². The molecule has 0 aliphatic carbocycles. The van der Waals surface area contributed by atoms with E-state index in [-0.39, 0.29) is 21.2 Å². The first-order valence-electron chi connectivity index (χ1n) is 8.68. The Hall–Kier alpha value is -2.76. The lowest BCUT2D eigenvalue weighted by atomic mass is 10.1. The summed E-state index contributed by atoms with van der Waals surface area (Å²) in [7, 11) is -4.24. The Morgan fingerprint density at radius 1 is 0.969 bits per heavy atom. The van der Waals surface area contributed by atoms with Gasteiger partial charge in [-0.3, -0.25) is 9.52 Å². The summed E-state index contributed by atoms with van der Waals surface area (Å²) < 4.78 is 69.1. The minimum Gasteiger partial charge on any atom is -0.406 e. The lowest BCUT2D eigenvalue weighted by Crippen LogP contribution is -2.19. The standard InChI is InChI=1S/C20H13BrClF3N2O4S/c21-12-1-4-14(5-2-12)26-19(28)17-11-13(22)3-10-18(17)27-32(29,30)16-8-6-15(7-9-16)31-20(23,24)25/h1-11,27H,(H,26,28). The Labute approximate surface area is 194 Å². The third-order valence-electron chi connectivity index (χ3n) is 3.94. The van der Waals surface area contributed by atoms with E-state index in [9.17, 15) is 26.4 Å². The molecule has 3 aromatic rings. The van der Waals surface area contributed by atoms with Crippen LogP contribution >= 0.6 is 27.5 Å².